The van der Waals surface area contributed by atoms with Crippen molar-refractivity contribution in [3.05, 3.63) is 59.7 Å². The topological polar surface area (TPSA) is 61.4 Å². The zero-order chi connectivity index (χ0) is 21.6. The number of rotatable bonds is 6. The van der Waals surface area contributed by atoms with E-state index in [0.29, 0.717) is 29.3 Å². The van der Waals surface area contributed by atoms with Crippen molar-refractivity contribution in [2.24, 2.45) is 5.92 Å². The molecule has 1 aliphatic carbocycles. The van der Waals surface area contributed by atoms with E-state index in [4.69, 9.17) is 0 Å². The van der Waals surface area contributed by atoms with E-state index in [2.05, 4.69) is 36.6 Å². The van der Waals surface area contributed by atoms with Gasteiger partial charge in [-0.3, -0.25) is 4.31 Å². The Labute approximate surface area is 186 Å². The molecule has 2 fully saturated rings. The van der Waals surface area contributed by atoms with Gasteiger partial charge >= 0.3 is 0 Å². The molecule has 31 heavy (non-hydrogen) atoms. The van der Waals surface area contributed by atoms with Crippen LogP contribution in [0, 0.1) is 5.92 Å². The third-order valence-electron chi connectivity index (χ3n) is 7.42. The molecule has 0 radical (unpaired) electrons. The number of fused-ring (bicyclic) bond motifs is 1. The first-order valence-corrected chi connectivity index (χ1v) is 13.0. The maximum Gasteiger partial charge on any atom is 0.264 e. The van der Waals surface area contributed by atoms with Crippen molar-refractivity contribution in [2.75, 3.05) is 23.9 Å². The maximum absolute atomic E-state index is 13.1. The highest BCUT2D eigenvalue weighted by Gasteiger charge is 2.44. The van der Waals surface area contributed by atoms with Crippen LogP contribution in [0.4, 0.5) is 5.69 Å². The fraction of sp³-hybridized carbons (Fsp3) is 0.520. The van der Waals surface area contributed by atoms with E-state index in [1.165, 1.54) is 24.8 Å². The molecule has 166 valence electrons. The molecule has 1 saturated heterocycles. The van der Waals surface area contributed by atoms with Gasteiger partial charge in [-0.2, -0.15) is 0 Å². The van der Waals surface area contributed by atoms with E-state index in [0.717, 1.165) is 30.8 Å². The van der Waals surface area contributed by atoms with Crippen LogP contribution >= 0.6 is 0 Å². The molecular weight excluding hydrogens is 406 g/mol. The van der Waals surface area contributed by atoms with Gasteiger partial charge in [-0.25, -0.2) is 8.42 Å². The fourth-order valence-electron chi connectivity index (χ4n) is 5.45. The van der Waals surface area contributed by atoms with Gasteiger partial charge in [-0.05, 0) is 87.9 Å². The average Bonchev–Trinajstić information content (AvgIpc) is 3.39. The van der Waals surface area contributed by atoms with Crippen molar-refractivity contribution in [2.45, 2.75) is 61.9 Å². The van der Waals surface area contributed by atoms with Gasteiger partial charge in [-0.1, -0.05) is 30.3 Å². The molecule has 6 heteroatoms. The number of hydrogen-bond donors (Lipinski definition) is 2. The highest BCUT2D eigenvalue weighted by molar-refractivity contribution is 7.92. The second-order valence-corrected chi connectivity index (χ2v) is 11.7. The lowest BCUT2D eigenvalue weighted by molar-refractivity contribution is 0.200. The van der Waals surface area contributed by atoms with Crippen LogP contribution < -0.4 is 14.9 Å². The van der Waals surface area contributed by atoms with E-state index in [1.807, 2.05) is 12.1 Å². The van der Waals surface area contributed by atoms with Gasteiger partial charge in [0, 0.05) is 24.0 Å². The van der Waals surface area contributed by atoms with Crippen molar-refractivity contribution < 1.29 is 8.42 Å². The standard InChI is InChI=1S/C25H33N3O2S/c1-25(2,20-10-13-26-14-11-20)27-23-17-22(23)18-8-9-24-19(16-18)12-15-28(24)31(29,30)21-6-4-3-5-7-21/h3-9,16,20,22-23,26-27H,10-15,17H2,1-2H3/t22-,23+/m0/s1. The number of benzene rings is 2. The van der Waals surface area contributed by atoms with Crippen molar-refractivity contribution in [1.82, 2.24) is 10.6 Å². The minimum absolute atomic E-state index is 0.152. The van der Waals surface area contributed by atoms with E-state index in [-0.39, 0.29) is 5.54 Å². The van der Waals surface area contributed by atoms with Crippen LogP contribution in [0.3, 0.4) is 0 Å². The van der Waals surface area contributed by atoms with Gasteiger partial charge in [0.1, 0.15) is 0 Å². The predicted octanol–water partition coefficient (Wildman–Crippen LogP) is 3.66. The molecule has 0 unspecified atom stereocenters. The third-order valence-corrected chi connectivity index (χ3v) is 9.25. The Morgan fingerprint density at radius 2 is 1.81 bits per heavy atom. The summed E-state index contributed by atoms with van der Waals surface area (Å²) in [6.45, 7) is 7.47. The van der Waals surface area contributed by atoms with Crippen LogP contribution in [0.1, 0.15) is 50.2 Å². The Balaban J connectivity index is 1.29. The summed E-state index contributed by atoms with van der Waals surface area (Å²) in [5.74, 6) is 1.25. The predicted molar refractivity (Wildman–Crippen MR) is 125 cm³/mol. The number of sulfonamides is 1. The minimum atomic E-state index is -3.50. The minimum Gasteiger partial charge on any atom is -0.317 e. The SMILES string of the molecule is CC(C)(N[C@@H]1C[C@H]1c1ccc2c(c1)CCN2S(=O)(=O)c1ccccc1)C1CCNCC1. The molecule has 0 bridgehead atoms. The van der Waals surface area contributed by atoms with Crippen LogP contribution in [-0.2, 0) is 16.4 Å². The summed E-state index contributed by atoms with van der Waals surface area (Å²) in [4.78, 5) is 0.360. The molecule has 2 heterocycles. The zero-order valence-corrected chi connectivity index (χ0v) is 19.3. The molecule has 5 nitrogen and oxygen atoms in total. The summed E-state index contributed by atoms with van der Waals surface area (Å²) < 4.78 is 27.8. The first-order valence-electron chi connectivity index (χ1n) is 11.6. The lowest BCUT2D eigenvalue weighted by atomic mass is 9.80. The summed E-state index contributed by atoms with van der Waals surface area (Å²) >= 11 is 0. The van der Waals surface area contributed by atoms with E-state index in [9.17, 15) is 8.42 Å². The molecule has 1 saturated carbocycles. The number of nitrogens with zero attached hydrogens (tertiary/aromatic N) is 1. The second kappa shape index (κ2) is 7.91. The van der Waals surface area contributed by atoms with Gasteiger partial charge in [0.05, 0.1) is 10.6 Å². The summed E-state index contributed by atoms with van der Waals surface area (Å²) in [6, 6.07) is 15.7. The highest BCUT2D eigenvalue weighted by atomic mass is 32.2. The average molecular weight is 440 g/mol. The van der Waals surface area contributed by atoms with Gasteiger partial charge < -0.3 is 10.6 Å². The Morgan fingerprint density at radius 3 is 2.55 bits per heavy atom. The van der Waals surface area contributed by atoms with Gasteiger partial charge in [0.25, 0.3) is 10.0 Å². The van der Waals surface area contributed by atoms with E-state index < -0.39 is 10.0 Å². The molecule has 3 aliphatic rings. The van der Waals surface area contributed by atoms with Crippen molar-refractivity contribution in [3.63, 3.8) is 0 Å². The summed E-state index contributed by atoms with van der Waals surface area (Å²) in [6.07, 6.45) is 4.42. The Hall–Kier alpha value is -1.89. The van der Waals surface area contributed by atoms with E-state index >= 15 is 0 Å². The quantitative estimate of drug-likeness (QED) is 0.721. The van der Waals surface area contributed by atoms with Gasteiger partial charge in [0.2, 0.25) is 0 Å². The fourth-order valence-corrected chi connectivity index (χ4v) is 6.98. The van der Waals surface area contributed by atoms with Gasteiger partial charge in [0.15, 0.2) is 0 Å². The first-order chi connectivity index (χ1) is 14.9. The number of piperidine rings is 1. The van der Waals surface area contributed by atoms with Crippen LogP contribution in [-0.4, -0.2) is 39.6 Å². The Bertz CT molecular complexity index is 1050. The zero-order valence-electron chi connectivity index (χ0n) is 18.5. The molecule has 0 aromatic heterocycles. The number of hydrogen-bond acceptors (Lipinski definition) is 4. The molecule has 0 amide bonds. The molecule has 0 spiro atoms. The van der Waals surface area contributed by atoms with E-state index in [1.54, 1.807) is 28.6 Å². The molecule has 5 rings (SSSR count). The van der Waals surface area contributed by atoms with Crippen LogP contribution in [0.2, 0.25) is 0 Å². The molecule has 2 aromatic carbocycles. The molecule has 2 N–H and O–H groups in total. The number of anilines is 1. The molecule has 2 aromatic rings. The maximum atomic E-state index is 13.1. The summed E-state index contributed by atoms with van der Waals surface area (Å²) in [5.41, 5.74) is 3.49. The van der Waals surface area contributed by atoms with Crippen molar-refractivity contribution >= 4 is 15.7 Å². The Morgan fingerprint density at radius 1 is 1.06 bits per heavy atom. The molecular formula is C25H33N3O2S. The first kappa shape index (κ1) is 21.0. The monoisotopic (exact) mass is 439 g/mol. The summed E-state index contributed by atoms with van der Waals surface area (Å²) in [5, 5.41) is 7.40. The lowest BCUT2D eigenvalue weighted by Crippen LogP contribution is -2.50. The number of nitrogens with one attached hydrogen (secondary N) is 2. The van der Waals surface area contributed by atoms with Crippen molar-refractivity contribution in [1.29, 1.82) is 0 Å². The van der Waals surface area contributed by atoms with Crippen LogP contribution in [0.25, 0.3) is 0 Å². The molecule has 2 aliphatic heterocycles. The second-order valence-electron chi connectivity index (χ2n) is 9.87. The van der Waals surface area contributed by atoms with Crippen LogP contribution in [0.15, 0.2) is 53.4 Å². The Kier molecular flexibility index (Phi) is 5.35. The largest absolute Gasteiger partial charge is 0.317 e. The van der Waals surface area contributed by atoms with Gasteiger partial charge in [-0.15, -0.1) is 0 Å². The van der Waals surface area contributed by atoms with Crippen molar-refractivity contribution in [3.8, 4) is 0 Å². The van der Waals surface area contributed by atoms with Crippen LogP contribution in [0.5, 0.6) is 0 Å². The third kappa shape index (κ3) is 4.01. The normalized spacial score (nSPS) is 24.3. The lowest BCUT2D eigenvalue weighted by Gasteiger charge is -2.38. The smallest absolute Gasteiger partial charge is 0.264 e. The highest BCUT2D eigenvalue weighted by Crippen LogP contribution is 2.45. The summed E-state index contributed by atoms with van der Waals surface area (Å²) in [7, 11) is -3.50. The molecule has 2 atom stereocenters.